The van der Waals surface area contributed by atoms with Crippen molar-refractivity contribution < 1.29 is 9.53 Å². The molecule has 2 heteroatoms. The summed E-state index contributed by atoms with van der Waals surface area (Å²) in [5.74, 6) is 1.39. The molecule has 1 aliphatic heterocycles. The summed E-state index contributed by atoms with van der Waals surface area (Å²) in [7, 11) is 0. The number of rotatable bonds is 4. The van der Waals surface area contributed by atoms with E-state index in [1.54, 1.807) is 0 Å². The van der Waals surface area contributed by atoms with Gasteiger partial charge in [-0.1, -0.05) is 26.2 Å². The van der Waals surface area contributed by atoms with Crippen molar-refractivity contribution in [2.45, 2.75) is 58.0 Å². The molecule has 2 bridgehead atoms. The molecule has 0 spiro atoms. The minimum absolute atomic E-state index is 0.0456. The number of carbonyl (C=O) groups excluding carboxylic acids is 1. The van der Waals surface area contributed by atoms with Gasteiger partial charge in [-0.25, -0.2) is 0 Å². The van der Waals surface area contributed by atoms with Gasteiger partial charge < -0.3 is 4.74 Å². The summed E-state index contributed by atoms with van der Waals surface area (Å²) in [6.45, 7) is 2.23. The molecular weight excluding hydrogens is 176 g/mol. The summed E-state index contributed by atoms with van der Waals surface area (Å²) >= 11 is 0. The lowest BCUT2D eigenvalue weighted by Crippen LogP contribution is -2.32. The second-order valence-electron chi connectivity index (χ2n) is 4.73. The molecule has 80 valence electrons. The number of hydrogen-bond acceptors (Lipinski definition) is 2. The Hall–Kier alpha value is -0.530. The van der Waals surface area contributed by atoms with Crippen molar-refractivity contribution in [2.24, 2.45) is 11.8 Å². The van der Waals surface area contributed by atoms with Crippen LogP contribution >= 0.6 is 0 Å². The van der Waals surface area contributed by atoms with Gasteiger partial charge in [0.1, 0.15) is 6.10 Å². The maximum atomic E-state index is 11.2. The monoisotopic (exact) mass is 196 g/mol. The normalized spacial score (nSPS) is 35.8. The first kappa shape index (κ1) is 10.0. The maximum Gasteiger partial charge on any atom is 0.306 e. The topological polar surface area (TPSA) is 26.3 Å². The number of fused-ring (bicyclic) bond motifs is 2. The fourth-order valence-electron chi connectivity index (χ4n) is 2.99. The Kier molecular flexibility index (Phi) is 3.09. The van der Waals surface area contributed by atoms with Crippen LogP contribution in [-0.4, -0.2) is 12.1 Å². The molecule has 0 N–H and O–H groups in total. The van der Waals surface area contributed by atoms with E-state index in [1.165, 1.54) is 32.1 Å². The Labute approximate surface area is 86.0 Å². The summed E-state index contributed by atoms with van der Waals surface area (Å²) in [6.07, 6.45) is 8.49. The van der Waals surface area contributed by atoms with E-state index < -0.39 is 0 Å². The van der Waals surface area contributed by atoms with E-state index in [-0.39, 0.29) is 12.1 Å². The molecular formula is C12H20O2. The van der Waals surface area contributed by atoms with Crippen molar-refractivity contribution in [2.75, 3.05) is 0 Å². The molecule has 2 fully saturated rings. The highest BCUT2D eigenvalue weighted by atomic mass is 16.5. The van der Waals surface area contributed by atoms with Crippen molar-refractivity contribution >= 4 is 5.97 Å². The van der Waals surface area contributed by atoms with E-state index in [9.17, 15) is 4.79 Å². The molecule has 0 aromatic heterocycles. The summed E-state index contributed by atoms with van der Waals surface area (Å²) < 4.78 is 5.38. The zero-order chi connectivity index (χ0) is 9.97. The van der Waals surface area contributed by atoms with Crippen LogP contribution in [0.4, 0.5) is 0 Å². The first-order valence-electron chi connectivity index (χ1n) is 6.00. The standard InChI is InChI=1S/C12H20O2/c1-2-3-4-5-10-9-6-7-11(10)14-12(13)8-9/h9-11H,2-8H2,1H3. The van der Waals surface area contributed by atoms with Crippen molar-refractivity contribution in [1.29, 1.82) is 0 Å². The highest BCUT2D eigenvalue weighted by Gasteiger charge is 2.43. The molecule has 2 nitrogen and oxygen atoms in total. The Morgan fingerprint density at radius 3 is 2.93 bits per heavy atom. The third-order valence-electron chi connectivity index (χ3n) is 3.76. The van der Waals surface area contributed by atoms with Crippen LogP contribution in [0.3, 0.4) is 0 Å². The highest BCUT2D eigenvalue weighted by Crippen LogP contribution is 2.43. The summed E-state index contributed by atoms with van der Waals surface area (Å²) in [6, 6.07) is 0. The van der Waals surface area contributed by atoms with Gasteiger partial charge in [0.15, 0.2) is 0 Å². The minimum Gasteiger partial charge on any atom is -0.462 e. The molecule has 3 atom stereocenters. The molecule has 1 heterocycles. The van der Waals surface area contributed by atoms with Crippen LogP contribution in [0.5, 0.6) is 0 Å². The molecule has 1 aliphatic carbocycles. The third kappa shape index (κ3) is 1.94. The van der Waals surface area contributed by atoms with Crippen molar-refractivity contribution in [3.63, 3.8) is 0 Å². The van der Waals surface area contributed by atoms with Crippen molar-refractivity contribution in [1.82, 2.24) is 0 Å². The number of hydrogen-bond donors (Lipinski definition) is 0. The second kappa shape index (κ2) is 4.33. The molecule has 0 amide bonds. The van der Waals surface area contributed by atoms with Gasteiger partial charge in [0, 0.05) is 6.42 Å². The van der Waals surface area contributed by atoms with Gasteiger partial charge in [-0.15, -0.1) is 0 Å². The number of ether oxygens (including phenoxy) is 1. The number of unbranched alkanes of at least 4 members (excludes halogenated alkanes) is 2. The summed E-state index contributed by atoms with van der Waals surface area (Å²) in [5.41, 5.74) is 0. The van der Waals surface area contributed by atoms with Gasteiger partial charge in [0.25, 0.3) is 0 Å². The van der Waals surface area contributed by atoms with Gasteiger partial charge in [-0.3, -0.25) is 4.79 Å². The predicted molar refractivity (Wildman–Crippen MR) is 54.9 cm³/mol. The van der Waals surface area contributed by atoms with Crippen molar-refractivity contribution in [3.8, 4) is 0 Å². The first-order chi connectivity index (χ1) is 6.81. The van der Waals surface area contributed by atoms with Gasteiger partial charge in [0.05, 0.1) is 0 Å². The van der Waals surface area contributed by atoms with Crippen LogP contribution in [0.25, 0.3) is 0 Å². The SMILES string of the molecule is CCCCCC1C2CCC1OC(=O)C2. The first-order valence-corrected chi connectivity index (χ1v) is 6.00. The molecule has 0 aromatic carbocycles. The van der Waals surface area contributed by atoms with Gasteiger partial charge in [-0.2, -0.15) is 0 Å². The third-order valence-corrected chi connectivity index (χ3v) is 3.76. The summed E-state index contributed by atoms with van der Waals surface area (Å²) in [5, 5.41) is 0. The summed E-state index contributed by atoms with van der Waals surface area (Å²) in [4.78, 5) is 11.2. The quantitative estimate of drug-likeness (QED) is 0.510. The number of esters is 1. The van der Waals surface area contributed by atoms with E-state index in [2.05, 4.69) is 6.92 Å². The fraction of sp³-hybridized carbons (Fsp3) is 0.917. The maximum absolute atomic E-state index is 11.2. The molecule has 0 aromatic rings. The van der Waals surface area contributed by atoms with E-state index in [4.69, 9.17) is 4.74 Å². The fourth-order valence-corrected chi connectivity index (χ4v) is 2.99. The van der Waals surface area contributed by atoms with Crippen LogP contribution in [0, 0.1) is 11.8 Å². The highest BCUT2D eigenvalue weighted by molar-refractivity contribution is 5.71. The van der Waals surface area contributed by atoms with Crippen LogP contribution in [-0.2, 0) is 9.53 Å². The lowest BCUT2D eigenvalue weighted by atomic mass is 9.86. The van der Waals surface area contributed by atoms with Crippen LogP contribution in [0.2, 0.25) is 0 Å². The molecule has 3 unspecified atom stereocenters. The predicted octanol–water partition coefficient (Wildman–Crippen LogP) is 2.91. The minimum atomic E-state index is 0.0456. The lowest BCUT2D eigenvalue weighted by Gasteiger charge is -2.29. The van der Waals surface area contributed by atoms with Crippen molar-refractivity contribution in [3.05, 3.63) is 0 Å². The van der Waals surface area contributed by atoms with E-state index in [1.807, 2.05) is 0 Å². The van der Waals surface area contributed by atoms with E-state index in [0.29, 0.717) is 18.3 Å². The Balaban J connectivity index is 1.84. The molecule has 1 saturated heterocycles. The lowest BCUT2D eigenvalue weighted by molar-refractivity contribution is -0.157. The average molecular weight is 196 g/mol. The van der Waals surface area contributed by atoms with E-state index >= 15 is 0 Å². The molecule has 2 rings (SSSR count). The zero-order valence-corrected chi connectivity index (χ0v) is 9.00. The molecule has 2 aliphatic rings. The van der Waals surface area contributed by atoms with Crippen LogP contribution in [0.1, 0.15) is 51.9 Å². The Morgan fingerprint density at radius 2 is 2.21 bits per heavy atom. The molecule has 0 radical (unpaired) electrons. The average Bonchev–Trinajstić information content (AvgIpc) is 2.42. The molecule has 14 heavy (non-hydrogen) atoms. The Morgan fingerprint density at radius 1 is 1.36 bits per heavy atom. The van der Waals surface area contributed by atoms with E-state index in [0.717, 1.165) is 6.42 Å². The Bertz CT molecular complexity index is 196. The smallest absolute Gasteiger partial charge is 0.306 e. The molecule has 1 saturated carbocycles. The zero-order valence-electron chi connectivity index (χ0n) is 9.00. The van der Waals surface area contributed by atoms with Crippen LogP contribution in [0.15, 0.2) is 0 Å². The largest absolute Gasteiger partial charge is 0.462 e. The number of carbonyl (C=O) groups is 1. The van der Waals surface area contributed by atoms with Gasteiger partial charge in [-0.05, 0) is 31.1 Å². The van der Waals surface area contributed by atoms with Crippen LogP contribution < -0.4 is 0 Å². The van der Waals surface area contributed by atoms with Gasteiger partial charge in [0.2, 0.25) is 0 Å². The van der Waals surface area contributed by atoms with Gasteiger partial charge >= 0.3 is 5.97 Å². The second-order valence-corrected chi connectivity index (χ2v) is 4.73.